The van der Waals surface area contributed by atoms with Crippen LogP contribution in [0.25, 0.3) is 0 Å². The molecule has 0 bridgehead atoms. The third-order valence-corrected chi connectivity index (χ3v) is 4.51. The molecule has 0 aromatic heterocycles. The van der Waals surface area contributed by atoms with E-state index in [0.29, 0.717) is 5.75 Å². The van der Waals surface area contributed by atoms with Gasteiger partial charge in [0, 0.05) is 3.57 Å². The van der Waals surface area contributed by atoms with Crippen molar-refractivity contribution >= 4 is 22.6 Å². The summed E-state index contributed by atoms with van der Waals surface area (Å²) in [5.74, 6) is 0.460. The summed E-state index contributed by atoms with van der Waals surface area (Å²) in [6, 6.07) is 5.87. The van der Waals surface area contributed by atoms with Crippen molar-refractivity contribution in [1.29, 1.82) is 0 Å². The maximum absolute atomic E-state index is 9.78. The fourth-order valence-electron chi connectivity index (χ4n) is 2.56. The lowest BCUT2D eigenvalue weighted by atomic mass is 10.0. The predicted octanol–water partition coefficient (Wildman–Crippen LogP) is 6.46. The van der Waals surface area contributed by atoms with Crippen molar-refractivity contribution in [3.63, 3.8) is 0 Å². The van der Waals surface area contributed by atoms with Crippen molar-refractivity contribution in [2.45, 2.75) is 77.6 Å². The molecular formula is C18H29IO. The van der Waals surface area contributed by atoms with Crippen LogP contribution in [0.1, 0.15) is 76.7 Å². The second-order valence-corrected chi connectivity index (χ2v) is 6.95. The van der Waals surface area contributed by atoms with Gasteiger partial charge in [0.1, 0.15) is 5.75 Å². The first-order valence-electron chi connectivity index (χ1n) is 8.21. The van der Waals surface area contributed by atoms with Crippen LogP contribution in [0.15, 0.2) is 18.2 Å². The number of aromatic hydroxyl groups is 1. The van der Waals surface area contributed by atoms with E-state index >= 15 is 0 Å². The SMILES string of the molecule is CCCCCCCCCCCCc1cc(I)ccc1O. The summed E-state index contributed by atoms with van der Waals surface area (Å²) in [6.45, 7) is 2.27. The van der Waals surface area contributed by atoms with Crippen LogP contribution in [0.3, 0.4) is 0 Å². The van der Waals surface area contributed by atoms with Crippen LogP contribution in [0.2, 0.25) is 0 Å². The van der Waals surface area contributed by atoms with Crippen LogP contribution in [-0.2, 0) is 6.42 Å². The Hall–Kier alpha value is -0.250. The molecule has 0 aliphatic carbocycles. The van der Waals surface area contributed by atoms with E-state index in [0.717, 1.165) is 12.0 Å². The van der Waals surface area contributed by atoms with Gasteiger partial charge in [0.05, 0.1) is 0 Å². The number of phenols is 1. The van der Waals surface area contributed by atoms with Crippen molar-refractivity contribution < 1.29 is 5.11 Å². The summed E-state index contributed by atoms with van der Waals surface area (Å²) in [7, 11) is 0. The summed E-state index contributed by atoms with van der Waals surface area (Å²) >= 11 is 2.30. The molecule has 1 rings (SSSR count). The number of benzene rings is 1. The summed E-state index contributed by atoms with van der Waals surface area (Å²) in [6.07, 6.45) is 14.6. The highest BCUT2D eigenvalue weighted by atomic mass is 127. The number of phenolic OH excluding ortho intramolecular Hbond substituents is 1. The van der Waals surface area contributed by atoms with Crippen LogP contribution in [-0.4, -0.2) is 5.11 Å². The van der Waals surface area contributed by atoms with E-state index < -0.39 is 0 Å². The zero-order valence-electron chi connectivity index (χ0n) is 12.8. The van der Waals surface area contributed by atoms with Gasteiger partial charge in [0.2, 0.25) is 0 Å². The van der Waals surface area contributed by atoms with Crippen molar-refractivity contribution in [2.24, 2.45) is 0 Å². The Labute approximate surface area is 138 Å². The number of halogens is 1. The first kappa shape index (κ1) is 17.8. The topological polar surface area (TPSA) is 20.2 Å². The lowest BCUT2D eigenvalue weighted by molar-refractivity contribution is 0.465. The zero-order valence-corrected chi connectivity index (χ0v) is 15.0. The lowest BCUT2D eigenvalue weighted by Crippen LogP contribution is -1.88. The average molecular weight is 388 g/mol. The van der Waals surface area contributed by atoms with E-state index in [1.54, 1.807) is 0 Å². The molecule has 0 saturated carbocycles. The van der Waals surface area contributed by atoms with Crippen molar-refractivity contribution in [1.82, 2.24) is 0 Å². The first-order valence-corrected chi connectivity index (χ1v) is 9.29. The summed E-state index contributed by atoms with van der Waals surface area (Å²) in [5.41, 5.74) is 1.11. The molecule has 0 saturated heterocycles. The van der Waals surface area contributed by atoms with Gasteiger partial charge in [-0.25, -0.2) is 0 Å². The number of rotatable bonds is 11. The van der Waals surface area contributed by atoms with Crippen molar-refractivity contribution in [3.05, 3.63) is 27.3 Å². The Balaban J connectivity index is 1.98. The Morgan fingerprint density at radius 1 is 0.850 bits per heavy atom. The Bertz CT molecular complexity index is 362. The minimum absolute atomic E-state index is 0.460. The molecule has 0 radical (unpaired) electrons. The lowest BCUT2D eigenvalue weighted by Gasteiger charge is -2.05. The summed E-state index contributed by atoms with van der Waals surface area (Å²) < 4.78 is 1.21. The normalized spacial score (nSPS) is 10.9. The van der Waals surface area contributed by atoms with Gasteiger partial charge in [-0.15, -0.1) is 0 Å². The highest BCUT2D eigenvalue weighted by Crippen LogP contribution is 2.22. The van der Waals surface area contributed by atoms with E-state index in [4.69, 9.17) is 0 Å². The number of hydrogen-bond donors (Lipinski definition) is 1. The summed E-state index contributed by atoms with van der Waals surface area (Å²) in [5, 5.41) is 9.78. The number of hydrogen-bond acceptors (Lipinski definition) is 1. The molecular weight excluding hydrogens is 359 g/mol. The van der Waals surface area contributed by atoms with E-state index in [-0.39, 0.29) is 0 Å². The van der Waals surface area contributed by atoms with Gasteiger partial charge in [0.25, 0.3) is 0 Å². The molecule has 2 heteroatoms. The first-order chi connectivity index (χ1) is 9.74. The highest BCUT2D eigenvalue weighted by molar-refractivity contribution is 14.1. The van der Waals surface area contributed by atoms with Gasteiger partial charge in [-0.3, -0.25) is 0 Å². The molecule has 0 heterocycles. The van der Waals surface area contributed by atoms with Gasteiger partial charge in [0.15, 0.2) is 0 Å². The van der Waals surface area contributed by atoms with Crippen LogP contribution in [0.4, 0.5) is 0 Å². The molecule has 1 aromatic rings. The van der Waals surface area contributed by atoms with Crippen LogP contribution in [0, 0.1) is 3.57 Å². The van der Waals surface area contributed by atoms with Gasteiger partial charge >= 0.3 is 0 Å². The Morgan fingerprint density at radius 3 is 2.00 bits per heavy atom. The van der Waals surface area contributed by atoms with Gasteiger partial charge in [-0.2, -0.15) is 0 Å². The molecule has 114 valence electrons. The van der Waals surface area contributed by atoms with Crippen LogP contribution >= 0.6 is 22.6 Å². The third-order valence-electron chi connectivity index (χ3n) is 3.84. The van der Waals surface area contributed by atoms with E-state index in [1.807, 2.05) is 12.1 Å². The van der Waals surface area contributed by atoms with Crippen molar-refractivity contribution in [3.8, 4) is 5.75 Å². The zero-order chi connectivity index (χ0) is 14.6. The molecule has 0 unspecified atom stereocenters. The molecule has 0 fully saturated rings. The van der Waals surface area contributed by atoms with Crippen LogP contribution in [0.5, 0.6) is 5.75 Å². The molecule has 1 N–H and O–H groups in total. The molecule has 0 atom stereocenters. The maximum atomic E-state index is 9.78. The summed E-state index contributed by atoms with van der Waals surface area (Å²) in [4.78, 5) is 0. The van der Waals surface area contributed by atoms with Crippen molar-refractivity contribution in [2.75, 3.05) is 0 Å². The molecule has 0 amide bonds. The fraction of sp³-hybridized carbons (Fsp3) is 0.667. The molecule has 1 aromatic carbocycles. The standard InChI is InChI=1S/C18H29IO/c1-2-3-4-5-6-7-8-9-10-11-12-16-15-17(19)13-14-18(16)20/h13-15,20H,2-12H2,1H3. The minimum atomic E-state index is 0.460. The minimum Gasteiger partial charge on any atom is -0.508 e. The predicted molar refractivity (Wildman–Crippen MR) is 96.4 cm³/mol. The largest absolute Gasteiger partial charge is 0.508 e. The van der Waals surface area contributed by atoms with E-state index in [2.05, 4.69) is 35.6 Å². The molecule has 0 spiro atoms. The average Bonchev–Trinajstić information content (AvgIpc) is 2.44. The van der Waals surface area contributed by atoms with E-state index in [1.165, 1.54) is 67.8 Å². The number of aryl methyl sites for hydroxylation is 1. The van der Waals surface area contributed by atoms with Crippen LogP contribution < -0.4 is 0 Å². The number of unbranched alkanes of at least 4 members (excludes halogenated alkanes) is 9. The maximum Gasteiger partial charge on any atom is 0.118 e. The van der Waals surface area contributed by atoms with E-state index in [9.17, 15) is 5.11 Å². The molecule has 1 nitrogen and oxygen atoms in total. The van der Waals surface area contributed by atoms with Gasteiger partial charge in [-0.05, 0) is 59.2 Å². The smallest absolute Gasteiger partial charge is 0.118 e. The fourth-order valence-corrected chi connectivity index (χ4v) is 3.11. The monoisotopic (exact) mass is 388 g/mol. The highest BCUT2D eigenvalue weighted by Gasteiger charge is 2.01. The molecule has 20 heavy (non-hydrogen) atoms. The third kappa shape index (κ3) is 8.13. The second-order valence-electron chi connectivity index (χ2n) is 5.71. The Morgan fingerprint density at radius 2 is 1.40 bits per heavy atom. The molecule has 0 aliphatic heterocycles. The van der Waals surface area contributed by atoms with Gasteiger partial charge in [-0.1, -0.05) is 64.7 Å². The quantitative estimate of drug-likeness (QED) is 0.341. The van der Waals surface area contributed by atoms with Gasteiger partial charge < -0.3 is 5.11 Å². The second kappa shape index (κ2) is 11.4. The Kier molecular flexibility index (Phi) is 10.2. The molecule has 0 aliphatic rings.